The number of rotatable bonds is 5. The van der Waals surface area contributed by atoms with Gasteiger partial charge >= 0.3 is 5.97 Å². The second kappa shape index (κ2) is 5.24. The minimum atomic E-state index is -0.617. The van der Waals surface area contributed by atoms with Crippen molar-refractivity contribution in [1.82, 2.24) is 0 Å². The third-order valence-corrected chi connectivity index (χ3v) is 1.04. The molecule has 0 aliphatic rings. The van der Waals surface area contributed by atoms with Crippen LogP contribution in [0.15, 0.2) is 24.9 Å². The zero-order valence-electron chi connectivity index (χ0n) is 8.12. The van der Waals surface area contributed by atoms with Gasteiger partial charge in [-0.1, -0.05) is 0 Å². The van der Waals surface area contributed by atoms with Gasteiger partial charge in [0.25, 0.3) is 5.95 Å². The average molecular weight is 186 g/mol. The fourth-order valence-corrected chi connectivity index (χ4v) is 0.501. The van der Waals surface area contributed by atoms with Gasteiger partial charge in [-0.15, -0.1) is 0 Å². The van der Waals surface area contributed by atoms with E-state index < -0.39 is 5.97 Å². The van der Waals surface area contributed by atoms with Gasteiger partial charge in [-0.2, -0.15) is 0 Å². The lowest BCUT2D eigenvalue weighted by atomic mass is 10.4. The number of carbonyl (C=O) groups excluding carboxylic acids is 1. The third-order valence-electron chi connectivity index (χ3n) is 1.04. The molecule has 0 aromatic rings. The van der Waals surface area contributed by atoms with E-state index in [4.69, 9.17) is 9.47 Å². The molecule has 74 valence electrons. The van der Waals surface area contributed by atoms with Crippen LogP contribution in [-0.2, 0) is 19.0 Å². The minimum absolute atomic E-state index is 0.00528. The molecule has 0 N–H and O–H groups in total. The zero-order valence-corrected chi connectivity index (χ0v) is 8.12. The fraction of sp³-hybridized carbons (Fsp3) is 0.444. The molecule has 0 heterocycles. The maximum Gasteiger partial charge on any atom is 0.374 e. The Labute approximate surface area is 77.8 Å². The first kappa shape index (κ1) is 11.6. The molecule has 0 aromatic heterocycles. The van der Waals surface area contributed by atoms with Crippen molar-refractivity contribution in [2.45, 2.75) is 20.0 Å². The Morgan fingerprint density at radius 3 is 2.23 bits per heavy atom. The van der Waals surface area contributed by atoms with Crippen molar-refractivity contribution in [1.29, 1.82) is 0 Å². The summed E-state index contributed by atoms with van der Waals surface area (Å²) in [6.45, 7) is 10.2. The molecule has 0 fully saturated rings. The van der Waals surface area contributed by atoms with Crippen molar-refractivity contribution in [3.8, 4) is 0 Å². The molecule has 0 aliphatic carbocycles. The smallest absolute Gasteiger partial charge is 0.374 e. The van der Waals surface area contributed by atoms with Crippen LogP contribution in [0, 0.1) is 0 Å². The van der Waals surface area contributed by atoms with Gasteiger partial charge in [-0.05, 0) is 27.0 Å². The maximum absolute atomic E-state index is 11.1. The topological polar surface area (TPSA) is 44.8 Å². The summed E-state index contributed by atoms with van der Waals surface area (Å²) in [6, 6.07) is 0. The second-order valence-corrected chi connectivity index (χ2v) is 2.56. The van der Waals surface area contributed by atoms with E-state index in [1.54, 1.807) is 13.8 Å². The highest BCUT2D eigenvalue weighted by atomic mass is 16.7. The standard InChI is InChI=1S/C9H14O4/c1-6(2)12-9(10)7(3)13-8(4)11-5/h6H,3-4H2,1-2,5H3. The van der Waals surface area contributed by atoms with Crippen molar-refractivity contribution in [2.75, 3.05) is 7.11 Å². The molecule has 0 radical (unpaired) electrons. The largest absolute Gasteiger partial charge is 0.469 e. The fourth-order valence-electron chi connectivity index (χ4n) is 0.501. The molecule has 0 amide bonds. The van der Waals surface area contributed by atoms with E-state index in [1.807, 2.05) is 0 Å². The third kappa shape index (κ3) is 4.90. The molecule has 0 spiro atoms. The van der Waals surface area contributed by atoms with E-state index in [9.17, 15) is 4.79 Å². The SMILES string of the molecule is C=C(OC)OC(=C)C(=O)OC(C)C. The van der Waals surface area contributed by atoms with Crippen LogP contribution in [0.2, 0.25) is 0 Å². The van der Waals surface area contributed by atoms with Gasteiger partial charge in [0.15, 0.2) is 0 Å². The van der Waals surface area contributed by atoms with Gasteiger partial charge in [0, 0.05) is 0 Å². The van der Waals surface area contributed by atoms with E-state index in [0.717, 1.165) is 0 Å². The first-order valence-electron chi connectivity index (χ1n) is 3.78. The molecule has 4 heteroatoms. The molecule has 0 unspecified atom stereocenters. The lowest BCUT2D eigenvalue weighted by Gasteiger charge is -2.10. The molecular weight excluding hydrogens is 172 g/mol. The van der Waals surface area contributed by atoms with Crippen LogP contribution in [0.25, 0.3) is 0 Å². The van der Waals surface area contributed by atoms with Gasteiger partial charge in [0.05, 0.1) is 13.2 Å². The summed E-state index contributed by atoms with van der Waals surface area (Å²) < 4.78 is 14.2. The van der Waals surface area contributed by atoms with E-state index in [2.05, 4.69) is 17.9 Å². The van der Waals surface area contributed by atoms with Crippen LogP contribution in [-0.4, -0.2) is 19.2 Å². The van der Waals surface area contributed by atoms with Crippen LogP contribution in [0.4, 0.5) is 0 Å². The highest BCUT2D eigenvalue weighted by molar-refractivity contribution is 5.85. The minimum Gasteiger partial charge on any atom is -0.469 e. The van der Waals surface area contributed by atoms with Crippen LogP contribution in [0.1, 0.15) is 13.8 Å². The van der Waals surface area contributed by atoms with Gasteiger partial charge in [-0.25, -0.2) is 4.79 Å². The molecule has 0 saturated carbocycles. The summed E-state index contributed by atoms with van der Waals surface area (Å²) in [7, 11) is 1.38. The van der Waals surface area contributed by atoms with Gasteiger partial charge in [0.2, 0.25) is 5.76 Å². The normalized spacial score (nSPS) is 9.23. The Bertz CT molecular complexity index is 218. The quantitative estimate of drug-likeness (QED) is 0.371. The summed E-state index contributed by atoms with van der Waals surface area (Å²) in [4.78, 5) is 11.1. The molecule has 0 saturated heterocycles. The predicted octanol–water partition coefficient (Wildman–Crippen LogP) is 1.59. The molecule has 4 nitrogen and oxygen atoms in total. The van der Waals surface area contributed by atoms with Crippen LogP contribution in [0.3, 0.4) is 0 Å². The lowest BCUT2D eigenvalue weighted by molar-refractivity contribution is -0.146. The predicted molar refractivity (Wildman–Crippen MR) is 47.6 cm³/mol. The number of carbonyl (C=O) groups is 1. The highest BCUT2D eigenvalue weighted by Crippen LogP contribution is 2.06. The van der Waals surface area contributed by atoms with Crippen molar-refractivity contribution in [2.24, 2.45) is 0 Å². The molecular formula is C9H14O4. The zero-order chi connectivity index (χ0) is 10.4. The van der Waals surface area contributed by atoms with Crippen LogP contribution < -0.4 is 0 Å². The number of hydrogen-bond donors (Lipinski definition) is 0. The van der Waals surface area contributed by atoms with Crippen molar-refractivity contribution >= 4 is 5.97 Å². The van der Waals surface area contributed by atoms with Crippen molar-refractivity contribution < 1.29 is 19.0 Å². The maximum atomic E-state index is 11.1. The first-order chi connectivity index (χ1) is 5.97. The Balaban J connectivity index is 3.97. The Morgan fingerprint density at radius 1 is 1.31 bits per heavy atom. The summed E-state index contributed by atoms with van der Waals surface area (Å²) in [6.07, 6.45) is -0.205. The molecule has 13 heavy (non-hydrogen) atoms. The average Bonchev–Trinajstić information content (AvgIpc) is 2.02. The van der Waals surface area contributed by atoms with E-state index in [1.165, 1.54) is 7.11 Å². The van der Waals surface area contributed by atoms with Crippen molar-refractivity contribution in [3.63, 3.8) is 0 Å². The second-order valence-electron chi connectivity index (χ2n) is 2.56. The Hall–Kier alpha value is -1.45. The number of ether oxygens (including phenoxy) is 3. The Kier molecular flexibility index (Phi) is 4.66. The first-order valence-corrected chi connectivity index (χ1v) is 3.78. The van der Waals surface area contributed by atoms with Gasteiger partial charge < -0.3 is 14.2 Å². The molecule has 0 aliphatic heterocycles. The van der Waals surface area contributed by atoms with Gasteiger partial charge in [0.1, 0.15) is 0 Å². The van der Waals surface area contributed by atoms with E-state index >= 15 is 0 Å². The summed E-state index contributed by atoms with van der Waals surface area (Å²) in [5.74, 6) is -0.751. The number of methoxy groups -OCH3 is 1. The monoisotopic (exact) mass is 186 g/mol. The number of hydrogen-bond acceptors (Lipinski definition) is 4. The highest BCUT2D eigenvalue weighted by Gasteiger charge is 2.12. The van der Waals surface area contributed by atoms with Crippen LogP contribution >= 0.6 is 0 Å². The molecule has 0 bridgehead atoms. The summed E-state index contributed by atoms with van der Waals surface area (Å²) >= 11 is 0. The van der Waals surface area contributed by atoms with Crippen molar-refractivity contribution in [3.05, 3.63) is 24.9 Å². The summed E-state index contributed by atoms with van der Waals surface area (Å²) in [5.41, 5.74) is 0. The summed E-state index contributed by atoms with van der Waals surface area (Å²) in [5, 5.41) is 0. The lowest BCUT2D eigenvalue weighted by Crippen LogP contribution is -2.14. The molecule has 0 rings (SSSR count). The van der Waals surface area contributed by atoms with E-state index in [0.29, 0.717) is 0 Å². The molecule has 0 aromatic carbocycles. The number of esters is 1. The van der Waals surface area contributed by atoms with E-state index in [-0.39, 0.29) is 17.8 Å². The Morgan fingerprint density at radius 2 is 1.85 bits per heavy atom. The van der Waals surface area contributed by atoms with Gasteiger partial charge in [-0.3, -0.25) is 0 Å². The molecule has 0 atom stereocenters. The van der Waals surface area contributed by atoms with Crippen LogP contribution in [0.5, 0.6) is 0 Å².